The highest BCUT2D eigenvalue weighted by atomic mass is 79.9. The number of aromatic nitrogens is 2. The van der Waals surface area contributed by atoms with Crippen LogP contribution in [0.1, 0.15) is 10.4 Å². The topological polar surface area (TPSA) is 64.2 Å². The van der Waals surface area contributed by atoms with Crippen LogP contribution in [0.4, 0.5) is 17.6 Å². The third-order valence-electron chi connectivity index (χ3n) is 3.40. The van der Waals surface area contributed by atoms with Crippen molar-refractivity contribution in [3.05, 3.63) is 48.0 Å². The van der Waals surface area contributed by atoms with Gasteiger partial charge in [-0.05, 0) is 24.3 Å². The third-order valence-corrected chi connectivity index (χ3v) is 4.28. The lowest BCUT2D eigenvalue weighted by Crippen LogP contribution is -3.00. The molecule has 3 rings (SSSR count). The number of nitrogens with zero attached hydrogens (tertiary/aromatic N) is 1. The number of thioether (sulfide) groups is 1. The van der Waals surface area contributed by atoms with Crippen molar-refractivity contribution in [2.75, 3.05) is 5.75 Å². The van der Waals surface area contributed by atoms with Crippen molar-refractivity contribution in [2.24, 2.45) is 0 Å². The quantitative estimate of drug-likeness (QED) is 0.303. The van der Waals surface area contributed by atoms with Gasteiger partial charge in [0.2, 0.25) is 0 Å². The maximum Gasteiger partial charge on any atom is 0.387 e. The number of hydrogen-bond acceptors (Lipinski definition) is 5. The Morgan fingerprint density at radius 1 is 1.07 bits per heavy atom. The molecule has 0 saturated carbocycles. The molecule has 5 nitrogen and oxygen atoms in total. The Hall–Kier alpha value is -2.27. The van der Waals surface area contributed by atoms with Gasteiger partial charge in [-0.15, -0.1) is 0 Å². The molecular weight excluding hydrogens is 468 g/mol. The van der Waals surface area contributed by atoms with Gasteiger partial charge >= 0.3 is 13.2 Å². The minimum absolute atomic E-state index is 0. The number of ether oxygens (including phenoxy) is 2. The summed E-state index contributed by atoms with van der Waals surface area (Å²) >= 11 is 1.08. The first-order valence-electron chi connectivity index (χ1n) is 7.57. The van der Waals surface area contributed by atoms with Gasteiger partial charge < -0.3 is 31.4 Å². The Balaban J connectivity index is 0.00000280. The second-order valence-corrected chi connectivity index (χ2v) is 6.15. The van der Waals surface area contributed by atoms with Crippen molar-refractivity contribution in [3.8, 4) is 11.5 Å². The highest BCUT2D eigenvalue weighted by Gasteiger charge is 2.19. The minimum Gasteiger partial charge on any atom is -1.00 e. The Labute approximate surface area is 171 Å². The van der Waals surface area contributed by atoms with E-state index in [1.54, 1.807) is 6.07 Å². The summed E-state index contributed by atoms with van der Waals surface area (Å²) in [4.78, 5) is 19.7. The van der Waals surface area contributed by atoms with Crippen LogP contribution in [0, 0.1) is 0 Å². The summed E-state index contributed by atoms with van der Waals surface area (Å²) in [5, 5.41) is 0.485. The molecule has 11 heteroatoms. The Morgan fingerprint density at radius 2 is 1.79 bits per heavy atom. The lowest BCUT2D eigenvalue weighted by Gasteiger charge is -2.12. The van der Waals surface area contributed by atoms with E-state index in [0.717, 1.165) is 41.0 Å². The van der Waals surface area contributed by atoms with E-state index in [1.165, 1.54) is 0 Å². The van der Waals surface area contributed by atoms with Crippen LogP contribution in [0.3, 0.4) is 0 Å². The van der Waals surface area contributed by atoms with E-state index in [0.29, 0.717) is 5.16 Å². The number of carbonyl (C=O) groups is 1. The smallest absolute Gasteiger partial charge is 0.387 e. The normalized spacial score (nSPS) is 10.9. The van der Waals surface area contributed by atoms with Gasteiger partial charge in [0.15, 0.2) is 10.9 Å². The van der Waals surface area contributed by atoms with Gasteiger partial charge in [-0.1, -0.05) is 23.9 Å². The van der Waals surface area contributed by atoms with Crippen molar-refractivity contribution in [1.29, 1.82) is 0 Å². The van der Waals surface area contributed by atoms with Crippen LogP contribution in [-0.2, 0) is 0 Å². The lowest BCUT2D eigenvalue weighted by atomic mass is 10.1. The number of benzene rings is 2. The van der Waals surface area contributed by atoms with Crippen LogP contribution < -0.4 is 26.5 Å². The van der Waals surface area contributed by atoms with E-state index < -0.39 is 24.8 Å². The van der Waals surface area contributed by atoms with Gasteiger partial charge in [0, 0.05) is 6.07 Å². The number of imidazole rings is 1. The molecule has 0 spiro atoms. The van der Waals surface area contributed by atoms with Gasteiger partial charge in [0.05, 0.1) is 22.3 Å². The number of Topliss-reactive ketones (excluding diaryl/α,β-unsaturated/α-hetero) is 1. The number of ketones is 1. The van der Waals surface area contributed by atoms with Gasteiger partial charge in [0.1, 0.15) is 11.5 Å². The van der Waals surface area contributed by atoms with Crippen LogP contribution in [0.15, 0.2) is 47.6 Å². The molecule has 0 aliphatic rings. The van der Waals surface area contributed by atoms with E-state index in [-0.39, 0.29) is 34.0 Å². The first kappa shape index (κ1) is 22.0. The molecule has 0 saturated heterocycles. The second-order valence-electron chi connectivity index (χ2n) is 5.19. The molecular formula is C17H12BrF4N2O3S-. The van der Waals surface area contributed by atoms with Crippen LogP contribution in [0.5, 0.6) is 11.5 Å². The molecule has 1 heterocycles. The first-order chi connectivity index (χ1) is 12.9. The van der Waals surface area contributed by atoms with Crippen LogP contribution in [0.2, 0.25) is 0 Å². The fourth-order valence-electron chi connectivity index (χ4n) is 2.31. The third kappa shape index (κ3) is 5.61. The second kappa shape index (κ2) is 9.78. The molecule has 1 N–H and O–H groups in total. The summed E-state index contributed by atoms with van der Waals surface area (Å²) in [6.07, 6.45) is 0. The number of H-pyrrole nitrogens is 1. The molecule has 28 heavy (non-hydrogen) atoms. The van der Waals surface area contributed by atoms with Gasteiger partial charge in [0.25, 0.3) is 0 Å². The molecule has 2 aromatic carbocycles. The molecule has 0 bridgehead atoms. The highest BCUT2D eigenvalue weighted by molar-refractivity contribution is 7.99. The number of alkyl halides is 4. The van der Waals surface area contributed by atoms with Gasteiger partial charge in [-0.2, -0.15) is 17.6 Å². The Morgan fingerprint density at radius 3 is 2.46 bits per heavy atom. The highest BCUT2D eigenvalue weighted by Crippen LogP contribution is 2.29. The molecule has 0 aliphatic heterocycles. The number of carbonyl (C=O) groups excluding carboxylic acids is 1. The molecule has 0 atom stereocenters. The largest absolute Gasteiger partial charge is 1.00 e. The van der Waals surface area contributed by atoms with Crippen LogP contribution >= 0.6 is 11.8 Å². The summed E-state index contributed by atoms with van der Waals surface area (Å²) in [7, 11) is 0. The number of para-hydroxylation sites is 2. The Bertz CT molecular complexity index is 922. The molecule has 0 unspecified atom stereocenters. The number of halogens is 5. The standard InChI is InChI=1S/C17H12F4N2O3S.BrH/c18-15(19)25-9-5-6-10(14(7-9)26-16(20)21)13(24)8-27-17-22-11-3-1-2-4-12(11)23-17;/h1-7,15-16H,8H2,(H,22,23);1H/p-1. The van der Waals surface area contributed by atoms with Crippen molar-refractivity contribution in [3.63, 3.8) is 0 Å². The van der Waals surface area contributed by atoms with Crippen molar-refractivity contribution in [1.82, 2.24) is 9.97 Å². The van der Waals surface area contributed by atoms with E-state index in [1.807, 2.05) is 18.2 Å². The number of aromatic amines is 1. The summed E-state index contributed by atoms with van der Waals surface area (Å²) in [5.74, 6) is -1.56. The van der Waals surface area contributed by atoms with Crippen molar-refractivity contribution in [2.45, 2.75) is 18.4 Å². The molecule has 150 valence electrons. The molecule has 0 amide bonds. The average molecular weight is 480 g/mol. The molecule has 1 aromatic heterocycles. The van der Waals surface area contributed by atoms with Crippen molar-refractivity contribution >= 4 is 28.6 Å². The number of hydrogen-bond donors (Lipinski definition) is 1. The average Bonchev–Trinajstić information content (AvgIpc) is 3.02. The van der Waals surface area contributed by atoms with E-state index in [4.69, 9.17) is 0 Å². The zero-order valence-corrected chi connectivity index (χ0v) is 16.3. The monoisotopic (exact) mass is 479 g/mol. The lowest BCUT2D eigenvalue weighted by molar-refractivity contribution is -0.0544. The zero-order valence-electron chi connectivity index (χ0n) is 13.9. The SMILES string of the molecule is O=C(CSc1nc2ccccc2[nH]1)c1ccc(OC(F)F)cc1OC(F)F.[Br-]. The van der Waals surface area contributed by atoms with Crippen molar-refractivity contribution < 1.29 is 48.8 Å². The summed E-state index contributed by atoms with van der Waals surface area (Å²) in [6.45, 7) is -6.35. The summed E-state index contributed by atoms with van der Waals surface area (Å²) in [6, 6.07) is 10.3. The minimum atomic E-state index is -3.22. The Kier molecular flexibility index (Phi) is 7.69. The molecule has 3 aromatic rings. The fourth-order valence-corrected chi connectivity index (χ4v) is 3.08. The zero-order chi connectivity index (χ0) is 19.4. The number of rotatable bonds is 8. The van der Waals surface area contributed by atoms with E-state index >= 15 is 0 Å². The van der Waals surface area contributed by atoms with Gasteiger partial charge in [-0.3, -0.25) is 4.79 Å². The predicted molar refractivity (Wildman–Crippen MR) is 90.9 cm³/mol. The van der Waals surface area contributed by atoms with Gasteiger partial charge in [-0.25, -0.2) is 4.98 Å². The maximum absolute atomic E-state index is 12.6. The predicted octanol–water partition coefficient (Wildman–Crippen LogP) is 1.74. The van der Waals surface area contributed by atoms with E-state index in [9.17, 15) is 22.4 Å². The molecule has 0 aliphatic carbocycles. The molecule has 0 fully saturated rings. The van der Waals surface area contributed by atoms with Crippen LogP contribution in [-0.4, -0.2) is 34.7 Å². The molecule has 0 radical (unpaired) electrons. The summed E-state index contributed by atoms with van der Waals surface area (Å²) in [5.41, 5.74) is 1.35. The fraction of sp³-hybridized carbons (Fsp3) is 0.176. The number of fused-ring (bicyclic) bond motifs is 1. The van der Waals surface area contributed by atoms with Crippen LogP contribution in [0.25, 0.3) is 11.0 Å². The summed E-state index contributed by atoms with van der Waals surface area (Å²) < 4.78 is 58.1. The number of nitrogens with one attached hydrogen (secondary N) is 1. The van der Waals surface area contributed by atoms with E-state index in [2.05, 4.69) is 19.4 Å². The first-order valence-corrected chi connectivity index (χ1v) is 8.55. The maximum atomic E-state index is 12.6.